The van der Waals surface area contributed by atoms with E-state index in [4.69, 9.17) is 5.11 Å². The Morgan fingerprint density at radius 1 is 1.53 bits per heavy atom. The van der Waals surface area contributed by atoms with Crippen molar-refractivity contribution in [2.24, 2.45) is 11.8 Å². The van der Waals surface area contributed by atoms with Crippen molar-refractivity contribution in [1.29, 1.82) is 0 Å². The fourth-order valence-electron chi connectivity index (χ4n) is 1.85. The molecule has 0 radical (unpaired) electrons. The molecule has 1 saturated carbocycles. The topological polar surface area (TPSA) is 83.9 Å². The zero-order valence-electron chi connectivity index (χ0n) is 8.17. The molecule has 0 aromatic heterocycles. The molecule has 2 amide bonds. The number of carboxylic acid groups (broad SMARTS) is 1. The predicted octanol–water partition coefficient (Wildman–Crippen LogP) is -0.909. The molecule has 2 rings (SSSR count). The van der Waals surface area contributed by atoms with E-state index < -0.39 is 12.1 Å². The predicted molar refractivity (Wildman–Crippen MR) is 46.7 cm³/mol. The van der Waals surface area contributed by atoms with Crippen molar-refractivity contribution in [3.63, 3.8) is 0 Å². The van der Waals surface area contributed by atoms with Gasteiger partial charge in [-0.15, -0.1) is 0 Å². The molecule has 2 aliphatic rings. The molecule has 0 aromatic rings. The number of carboxylic acids is 1. The maximum atomic E-state index is 11.5. The van der Waals surface area contributed by atoms with E-state index in [0.717, 1.165) is 4.90 Å². The number of nitrogens with zero attached hydrogens (tertiary/aromatic N) is 1. The smallest absolute Gasteiger partial charge is 0.334 e. The van der Waals surface area contributed by atoms with E-state index in [-0.39, 0.29) is 30.2 Å². The van der Waals surface area contributed by atoms with Crippen molar-refractivity contribution in [2.45, 2.75) is 12.5 Å². The minimum absolute atomic E-state index is 0.184. The van der Waals surface area contributed by atoms with Crippen LogP contribution < -0.4 is 0 Å². The minimum atomic E-state index is -1.17. The first-order chi connectivity index (χ1) is 7.06. The van der Waals surface area contributed by atoms with E-state index in [1.54, 1.807) is 0 Å². The zero-order chi connectivity index (χ0) is 11.2. The average Bonchev–Trinajstić information content (AvgIpc) is 2.92. The highest BCUT2D eigenvalue weighted by Gasteiger charge is 2.59. The van der Waals surface area contributed by atoms with Crippen molar-refractivity contribution in [1.82, 2.24) is 4.90 Å². The molecule has 1 saturated heterocycles. The number of likely N-dealkylation sites (tertiary alicyclic amines) is 1. The van der Waals surface area contributed by atoms with E-state index in [1.165, 1.54) is 7.11 Å². The normalized spacial score (nSPS) is 30.3. The molecule has 1 heterocycles. The molecule has 1 aliphatic heterocycles. The maximum absolute atomic E-state index is 11.5. The summed E-state index contributed by atoms with van der Waals surface area (Å²) in [6.45, 7) is -0.184. The Hall–Kier alpha value is -1.43. The van der Waals surface area contributed by atoms with E-state index in [2.05, 4.69) is 4.74 Å². The number of methoxy groups -OCH3 is 1. The van der Waals surface area contributed by atoms with Gasteiger partial charge >= 0.3 is 5.97 Å². The third kappa shape index (κ3) is 1.50. The number of carbonyl (C=O) groups excluding carboxylic acids is 2. The van der Waals surface area contributed by atoms with Gasteiger partial charge in [-0.25, -0.2) is 4.79 Å². The van der Waals surface area contributed by atoms with Crippen molar-refractivity contribution in [2.75, 3.05) is 13.7 Å². The SMILES string of the molecule is COC(CN1C(=O)C2CC2C1=O)C(=O)O. The largest absolute Gasteiger partial charge is 0.479 e. The third-order valence-corrected chi connectivity index (χ3v) is 2.87. The number of piperidine rings is 1. The van der Waals surface area contributed by atoms with Gasteiger partial charge in [0.2, 0.25) is 11.8 Å². The minimum Gasteiger partial charge on any atom is -0.479 e. The Labute approximate surface area is 85.8 Å². The summed E-state index contributed by atoms with van der Waals surface area (Å²) in [5.41, 5.74) is 0. The maximum Gasteiger partial charge on any atom is 0.334 e. The average molecular weight is 213 g/mol. The molecule has 6 nitrogen and oxygen atoms in total. The number of carbonyl (C=O) groups is 3. The number of aliphatic carboxylic acids is 1. The first kappa shape index (κ1) is 10.1. The molecule has 1 aliphatic carbocycles. The highest BCUT2D eigenvalue weighted by molar-refractivity contribution is 6.09. The van der Waals surface area contributed by atoms with E-state index in [0.29, 0.717) is 6.42 Å². The zero-order valence-corrected chi connectivity index (χ0v) is 8.17. The van der Waals surface area contributed by atoms with Crippen molar-refractivity contribution in [3.8, 4) is 0 Å². The molecule has 15 heavy (non-hydrogen) atoms. The van der Waals surface area contributed by atoms with Crippen LogP contribution in [-0.2, 0) is 19.1 Å². The second-order valence-corrected chi connectivity index (χ2v) is 3.80. The van der Waals surface area contributed by atoms with Gasteiger partial charge in [0.1, 0.15) is 0 Å². The molecule has 3 unspecified atom stereocenters. The van der Waals surface area contributed by atoms with E-state index in [1.807, 2.05) is 0 Å². The summed E-state index contributed by atoms with van der Waals surface area (Å²) < 4.78 is 4.67. The Kier molecular flexibility index (Phi) is 2.22. The lowest BCUT2D eigenvalue weighted by molar-refractivity contribution is -0.153. The quantitative estimate of drug-likeness (QED) is 0.611. The Morgan fingerprint density at radius 2 is 2.07 bits per heavy atom. The summed E-state index contributed by atoms with van der Waals surface area (Å²) in [5, 5.41) is 8.71. The van der Waals surface area contributed by atoms with Gasteiger partial charge in [0.05, 0.1) is 18.4 Å². The molecule has 6 heteroatoms. The summed E-state index contributed by atoms with van der Waals surface area (Å²) >= 11 is 0. The van der Waals surface area contributed by atoms with E-state index in [9.17, 15) is 14.4 Å². The van der Waals surface area contributed by atoms with Gasteiger partial charge in [0, 0.05) is 7.11 Å². The van der Waals surface area contributed by atoms with Crippen LogP contribution in [0.3, 0.4) is 0 Å². The molecule has 82 valence electrons. The Balaban J connectivity index is 2.03. The van der Waals surface area contributed by atoms with Gasteiger partial charge in [-0.05, 0) is 6.42 Å². The number of amides is 2. The summed E-state index contributed by atoms with van der Waals surface area (Å²) in [6, 6.07) is 0. The Bertz CT molecular complexity index is 319. The van der Waals surface area contributed by atoms with Gasteiger partial charge in [0.15, 0.2) is 6.10 Å². The van der Waals surface area contributed by atoms with Crippen LogP contribution in [0.15, 0.2) is 0 Å². The number of ether oxygens (including phenoxy) is 1. The van der Waals surface area contributed by atoms with Crippen molar-refractivity contribution < 1.29 is 24.2 Å². The van der Waals surface area contributed by atoms with Crippen molar-refractivity contribution in [3.05, 3.63) is 0 Å². The first-order valence-corrected chi connectivity index (χ1v) is 4.67. The van der Waals surface area contributed by atoms with Crippen molar-refractivity contribution >= 4 is 17.8 Å². The third-order valence-electron chi connectivity index (χ3n) is 2.87. The van der Waals surface area contributed by atoms with Gasteiger partial charge < -0.3 is 9.84 Å². The standard InChI is InChI=1S/C9H11NO5/c1-15-6(9(13)14)3-10-7(11)4-2-5(4)8(10)12/h4-6H,2-3H2,1H3,(H,13,14). The fraction of sp³-hybridized carbons (Fsp3) is 0.667. The Morgan fingerprint density at radius 3 is 2.47 bits per heavy atom. The van der Waals surface area contributed by atoms with Crippen LogP contribution in [0.25, 0.3) is 0 Å². The first-order valence-electron chi connectivity index (χ1n) is 4.67. The molecule has 3 atom stereocenters. The van der Waals surface area contributed by atoms with Gasteiger partial charge in [-0.1, -0.05) is 0 Å². The van der Waals surface area contributed by atoms with Crippen LogP contribution in [0.2, 0.25) is 0 Å². The van der Waals surface area contributed by atoms with Gasteiger partial charge in [-0.2, -0.15) is 0 Å². The molecule has 0 bridgehead atoms. The van der Waals surface area contributed by atoms with Crippen LogP contribution in [0.1, 0.15) is 6.42 Å². The lowest BCUT2D eigenvalue weighted by Gasteiger charge is -2.19. The lowest BCUT2D eigenvalue weighted by atomic mass is 10.3. The molecule has 0 spiro atoms. The number of imide groups is 1. The highest BCUT2D eigenvalue weighted by Crippen LogP contribution is 2.46. The monoisotopic (exact) mass is 213 g/mol. The van der Waals surface area contributed by atoms with E-state index >= 15 is 0 Å². The molecule has 2 fully saturated rings. The molecule has 0 aromatic carbocycles. The van der Waals surface area contributed by atoms with Crippen LogP contribution in [-0.4, -0.2) is 47.5 Å². The second-order valence-electron chi connectivity index (χ2n) is 3.80. The van der Waals surface area contributed by atoms with Crippen LogP contribution in [0.5, 0.6) is 0 Å². The summed E-state index contributed by atoms with van der Waals surface area (Å²) in [6.07, 6.45) is -0.505. The summed E-state index contributed by atoms with van der Waals surface area (Å²) in [7, 11) is 1.24. The number of fused-ring (bicyclic) bond motifs is 1. The lowest BCUT2D eigenvalue weighted by Crippen LogP contribution is -2.42. The van der Waals surface area contributed by atoms with Crippen LogP contribution in [0, 0.1) is 11.8 Å². The highest BCUT2D eigenvalue weighted by atomic mass is 16.5. The van der Waals surface area contributed by atoms with Crippen LogP contribution >= 0.6 is 0 Å². The molecular weight excluding hydrogens is 202 g/mol. The fourth-order valence-corrected chi connectivity index (χ4v) is 1.85. The van der Waals surface area contributed by atoms with Gasteiger partial charge in [0.25, 0.3) is 0 Å². The number of hydrogen-bond donors (Lipinski definition) is 1. The van der Waals surface area contributed by atoms with Crippen LogP contribution in [0.4, 0.5) is 0 Å². The second kappa shape index (κ2) is 3.30. The molecule has 1 N–H and O–H groups in total. The van der Waals surface area contributed by atoms with Gasteiger partial charge in [-0.3, -0.25) is 14.5 Å². The molecular formula is C9H11NO5. The summed E-state index contributed by atoms with van der Waals surface area (Å²) in [5.74, 6) is -2.06. The number of hydrogen-bond acceptors (Lipinski definition) is 4. The number of rotatable bonds is 4. The summed E-state index contributed by atoms with van der Waals surface area (Å²) in [4.78, 5) is 34.6.